The number of carbonyl (C=O) groups is 2. The molecule has 1 aliphatic heterocycles. The molecule has 1 atom stereocenters. The molecule has 28 heavy (non-hydrogen) atoms. The quantitative estimate of drug-likeness (QED) is 0.436. The summed E-state index contributed by atoms with van der Waals surface area (Å²) >= 11 is 0. The Morgan fingerprint density at radius 1 is 1.00 bits per heavy atom. The molecular weight excluding hydrogens is 378 g/mol. The van der Waals surface area contributed by atoms with Gasteiger partial charge in [-0.1, -0.05) is 17.7 Å². The van der Waals surface area contributed by atoms with Gasteiger partial charge in [0.2, 0.25) is 10.0 Å². The lowest BCUT2D eigenvalue weighted by Gasteiger charge is -2.33. The number of hydrogen-bond acceptors (Lipinski definition) is 5. The van der Waals surface area contributed by atoms with Crippen molar-refractivity contribution in [3.8, 4) is 5.75 Å². The summed E-state index contributed by atoms with van der Waals surface area (Å²) < 4.78 is 32.8. The van der Waals surface area contributed by atoms with Gasteiger partial charge in [0.15, 0.2) is 5.78 Å². The van der Waals surface area contributed by atoms with E-state index in [0.717, 1.165) is 12.0 Å². The van der Waals surface area contributed by atoms with Crippen LogP contribution in [0.1, 0.15) is 42.1 Å². The zero-order valence-corrected chi connectivity index (χ0v) is 16.7. The van der Waals surface area contributed by atoms with Crippen LogP contribution in [0.5, 0.6) is 5.75 Å². The number of esters is 1. The molecule has 0 aromatic heterocycles. The van der Waals surface area contributed by atoms with Crippen molar-refractivity contribution >= 4 is 21.8 Å². The molecule has 2 aromatic rings. The second-order valence-electron chi connectivity index (χ2n) is 6.94. The van der Waals surface area contributed by atoms with Crippen LogP contribution in [0.4, 0.5) is 0 Å². The highest BCUT2D eigenvalue weighted by Crippen LogP contribution is 2.27. The van der Waals surface area contributed by atoms with Gasteiger partial charge in [-0.2, -0.15) is 4.31 Å². The van der Waals surface area contributed by atoms with Gasteiger partial charge in [-0.3, -0.25) is 4.79 Å². The van der Waals surface area contributed by atoms with Gasteiger partial charge in [0, 0.05) is 12.1 Å². The van der Waals surface area contributed by atoms with E-state index in [1.54, 1.807) is 36.4 Å². The van der Waals surface area contributed by atoms with Gasteiger partial charge in [0.25, 0.3) is 0 Å². The Balaban J connectivity index is 1.81. The largest absolute Gasteiger partial charge is 0.425 e. The molecular formula is C21H23NO5S. The van der Waals surface area contributed by atoms with E-state index in [4.69, 9.17) is 4.74 Å². The van der Waals surface area contributed by atoms with E-state index in [1.807, 2.05) is 6.92 Å². The number of Topliss-reactive ketones (excluding diaryl/α,β-unsaturated/α-hetero) is 1. The van der Waals surface area contributed by atoms with Crippen LogP contribution in [0.2, 0.25) is 0 Å². The molecule has 0 N–H and O–H groups in total. The van der Waals surface area contributed by atoms with Crippen molar-refractivity contribution in [1.82, 2.24) is 4.31 Å². The van der Waals surface area contributed by atoms with Crippen LogP contribution in [0.15, 0.2) is 53.4 Å². The summed E-state index contributed by atoms with van der Waals surface area (Å²) in [7, 11) is -3.80. The fourth-order valence-electron chi connectivity index (χ4n) is 3.22. The summed E-state index contributed by atoms with van der Waals surface area (Å²) in [6, 6.07) is 11.9. The first-order valence-corrected chi connectivity index (χ1v) is 10.6. The van der Waals surface area contributed by atoms with Crippen LogP contribution in [0.3, 0.4) is 0 Å². The monoisotopic (exact) mass is 401 g/mol. The summed E-state index contributed by atoms with van der Waals surface area (Å²) in [5, 5.41) is 0. The van der Waals surface area contributed by atoms with Gasteiger partial charge >= 0.3 is 5.97 Å². The Hall–Kier alpha value is -2.51. The lowest BCUT2D eigenvalue weighted by molar-refractivity contribution is -0.139. The number of benzene rings is 2. The number of piperidine rings is 1. The number of sulfonamides is 1. The van der Waals surface area contributed by atoms with Gasteiger partial charge in [-0.15, -0.1) is 0 Å². The second kappa shape index (κ2) is 8.24. The summed E-state index contributed by atoms with van der Waals surface area (Å²) in [5.74, 6) is -0.403. The van der Waals surface area contributed by atoms with Crippen LogP contribution in [0.25, 0.3) is 0 Å². The van der Waals surface area contributed by atoms with E-state index in [2.05, 4.69) is 0 Å². The molecule has 0 spiro atoms. The van der Waals surface area contributed by atoms with Crippen molar-refractivity contribution in [3.05, 3.63) is 59.7 Å². The van der Waals surface area contributed by atoms with Crippen LogP contribution in [-0.4, -0.2) is 37.1 Å². The number of nitrogens with zero attached hydrogens (tertiary/aromatic N) is 1. The Morgan fingerprint density at radius 3 is 2.25 bits per heavy atom. The maximum atomic E-state index is 13.1. The number of rotatable bonds is 5. The van der Waals surface area contributed by atoms with Crippen molar-refractivity contribution in [2.45, 2.75) is 44.0 Å². The molecule has 1 fully saturated rings. The number of ether oxygens (including phenoxy) is 1. The SMILES string of the molecule is CC(=O)c1ccc(OC(=O)[C@H]2CCCCN2S(=O)(=O)c2ccc(C)cc2)cc1. The number of carbonyl (C=O) groups excluding carboxylic acids is 2. The zero-order chi connectivity index (χ0) is 20.3. The lowest BCUT2D eigenvalue weighted by Crippen LogP contribution is -2.49. The summed E-state index contributed by atoms with van der Waals surface area (Å²) in [6.07, 6.45) is 1.86. The zero-order valence-electron chi connectivity index (χ0n) is 15.9. The third kappa shape index (κ3) is 4.31. The molecule has 0 unspecified atom stereocenters. The minimum Gasteiger partial charge on any atom is -0.425 e. The first-order valence-electron chi connectivity index (χ1n) is 9.20. The van der Waals surface area contributed by atoms with Crippen molar-refractivity contribution < 1.29 is 22.7 Å². The Labute approximate surface area is 165 Å². The predicted molar refractivity (Wildman–Crippen MR) is 105 cm³/mol. The minimum atomic E-state index is -3.80. The predicted octanol–water partition coefficient (Wildman–Crippen LogP) is 3.35. The topological polar surface area (TPSA) is 80.8 Å². The average Bonchev–Trinajstić information content (AvgIpc) is 2.68. The first-order chi connectivity index (χ1) is 13.3. The van der Waals surface area contributed by atoms with Crippen molar-refractivity contribution in [1.29, 1.82) is 0 Å². The van der Waals surface area contributed by atoms with E-state index < -0.39 is 22.0 Å². The summed E-state index contributed by atoms with van der Waals surface area (Å²) in [5.41, 5.74) is 1.48. The standard InChI is InChI=1S/C21H23NO5S/c1-15-6-12-19(13-7-15)28(25,26)22-14-4-3-5-20(22)21(24)27-18-10-8-17(9-11-18)16(2)23/h6-13,20H,3-5,14H2,1-2H3/t20-/m1/s1. The molecule has 1 saturated heterocycles. The third-order valence-electron chi connectivity index (χ3n) is 4.83. The molecule has 1 aliphatic rings. The fraction of sp³-hybridized carbons (Fsp3) is 0.333. The highest BCUT2D eigenvalue weighted by Gasteiger charge is 2.38. The molecule has 148 valence electrons. The highest BCUT2D eigenvalue weighted by atomic mass is 32.2. The highest BCUT2D eigenvalue weighted by molar-refractivity contribution is 7.89. The molecule has 0 bridgehead atoms. The van der Waals surface area contributed by atoms with Gasteiger partial charge < -0.3 is 4.74 Å². The molecule has 7 heteroatoms. The fourth-order valence-corrected chi connectivity index (χ4v) is 4.86. The van der Waals surface area contributed by atoms with Crippen molar-refractivity contribution in [2.24, 2.45) is 0 Å². The Bertz CT molecular complexity index is 965. The van der Waals surface area contributed by atoms with E-state index in [-0.39, 0.29) is 23.0 Å². The lowest BCUT2D eigenvalue weighted by atomic mass is 10.1. The van der Waals surface area contributed by atoms with Gasteiger partial charge in [-0.25, -0.2) is 13.2 Å². The third-order valence-corrected chi connectivity index (χ3v) is 6.76. The Morgan fingerprint density at radius 2 is 1.64 bits per heavy atom. The normalized spacial score (nSPS) is 17.9. The maximum Gasteiger partial charge on any atom is 0.329 e. The molecule has 0 radical (unpaired) electrons. The summed E-state index contributed by atoms with van der Waals surface area (Å²) in [4.78, 5) is 24.3. The van der Waals surface area contributed by atoms with Crippen LogP contribution in [0, 0.1) is 6.92 Å². The maximum absolute atomic E-state index is 13.1. The van der Waals surface area contributed by atoms with Crippen molar-refractivity contribution in [3.63, 3.8) is 0 Å². The van der Waals surface area contributed by atoms with Crippen LogP contribution < -0.4 is 4.74 Å². The van der Waals surface area contributed by atoms with Crippen LogP contribution in [-0.2, 0) is 14.8 Å². The molecule has 3 rings (SSSR count). The van der Waals surface area contributed by atoms with Gasteiger partial charge in [-0.05, 0) is 69.5 Å². The second-order valence-corrected chi connectivity index (χ2v) is 8.83. The number of aryl methyl sites for hydroxylation is 1. The van der Waals surface area contributed by atoms with Gasteiger partial charge in [0.1, 0.15) is 11.8 Å². The van der Waals surface area contributed by atoms with Gasteiger partial charge in [0.05, 0.1) is 4.90 Å². The number of hydrogen-bond donors (Lipinski definition) is 0. The average molecular weight is 401 g/mol. The number of ketones is 1. The molecule has 0 saturated carbocycles. The van der Waals surface area contributed by atoms with Crippen LogP contribution >= 0.6 is 0 Å². The van der Waals surface area contributed by atoms with E-state index in [1.165, 1.54) is 23.4 Å². The molecule has 0 amide bonds. The molecule has 2 aromatic carbocycles. The van der Waals surface area contributed by atoms with Crippen molar-refractivity contribution in [2.75, 3.05) is 6.54 Å². The minimum absolute atomic E-state index is 0.0828. The Kier molecular flexibility index (Phi) is 5.96. The van der Waals surface area contributed by atoms with E-state index >= 15 is 0 Å². The molecule has 6 nitrogen and oxygen atoms in total. The van der Waals surface area contributed by atoms with E-state index in [0.29, 0.717) is 18.4 Å². The van der Waals surface area contributed by atoms with E-state index in [9.17, 15) is 18.0 Å². The summed E-state index contributed by atoms with van der Waals surface area (Å²) in [6.45, 7) is 3.62. The molecule has 1 heterocycles. The molecule has 0 aliphatic carbocycles. The smallest absolute Gasteiger partial charge is 0.329 e. The first kappa shape index (κ1) is 20.2.